The van der Waals surface area contributed by atoms with Crippen molar-refractivity contribution in [2.75, 3.05) is 38.6 Å². The maximum Gasteiger partial charge on any atom is 0.256 e. The Morgan fingerprint density at radius 3 is 2.62 bits per heavy atom. The minimum absolute atomic E-state index is 0.144. The number of benzene rings is 2. The standard InChI is InChI=1S/C22H26BrN3O3/c1-15(22(28)26-12-3-10-24-11-13-26)16-4-6-17(7-5-16)25-21(27)19-14-18(29-2)8-9-20(19)23/h4-9,14-15,24H,3,10-13H2,1-2H3,(H,25,27). The Labute approximate surface area is 179 Å². The molecule has 1 aliphatic heterocycles. The molecule has 2 N–H and O–H groups in total. The molecule has 1 fully saturated rings. The van der Waals surface area contributed by atoms with Crippen LogP contribution in [0.2, 0.25) is 0 Å². The fraction of sp³-hybridized carbons (Fsp3) is 0.364. The van der Waals surface area contributed by atoms with Gasteiger partial charge in [0.15, 0.2) is 0 Å². The van der Waals surface area contributed by atoms with Crippen LogP contribution < -0.4 is 15.4 Å². The van der Waals surface area contributed by atoms with Crippen LogP contribution in [-0.4, -0.2) is 50.0 Å². The number of nitrogens with one attached hydrogen (secondary N) is 2. The lowest BCUT2D eigenvalue weighted by Gasteiger charge is -2.24. The van der Waals surface area contributed by atoms with Gasteiger partial charge in [0.2, 0.25) is 5.91 Å². The lowest BCUT2D eigenvalue weighted by molar-refractivity contribution is -0.132. The summed E-state index contributed by atoms with van der Waals surface area (Å²) in [4.78, 5) is 27.3. The van der Waals surface area contributed by atoms with E-state index in [1.807, 2.05) is 36.1 Å². The van der Waals surface area contributed by atoms with Crippen LogP contribution in [0.25, 0.3) is 0 Å². The van der Waals surface area contributed by atoms with Gasteiger partial charge in [-0.25, -0.2) is 0 Å². The van der Waals surface area contributed by atoms with Crippen LogP contribution in [0.5, 0.6) is 5.75 Å². The fourth-order valence-corrected chi connectivity index (χ4v) is 3.77. The molecule has 1 saturated heterocycles. The van der Waals surface area contributed by atoms with Gasteiger partial charge in [0, 0.05) is 29.8 Å². The van der Waals surface area contributed by atoms with Crippen molar-refractivity contribution in [2.24, 2.45) is 0 Å². The van der Waals surface area contributed by atoms with Gasteiger partial charge in [-0.15, -0.1) is 0 Å². The molecular weight excluding hydrogens is 434 g/mol. The lowest BCUT2D eigenvalue weighted by atomic mass is 9.99. The molecule has 6 nitrogen and oxygen atoms in total. The minimum atomic E-state index is -0.232. The van der Waals surface area contributed by atoms with Gasteiger partial charge >= 0.3 is 0 Å². The quantitative estimate of drug-likeness (QED) is 0.715. The van der Waals surface area contributed by atoms with E-state index in [2.05, 4.69) is 26.6 Å². The number of hydrogen-bond donors (Lipinski definition) is 2. The Morgan fingerprint density at radius 2 is 1.90 bits per heavy atom. The van der Waals surface area contributed by atoms with E-state index in [4.69, 9.17) is 4.74 Å². The van der Waals surface area contributed by atoms with Crippen molar-refractivity contribution in [1.29, 1.82) is 0 Å². The number of ether oxygens (including phenoxy) is 1. The van der Waals surface area contributed by atoms with Gasteiger partial charge in [0.25, 0.3) is 5.91 Å². The normalized spacial score (nSPS) is 15.3. The summed E-state index contributed by atoms with van der Waals surface area (Å²) in [7, 11) is 1.56. The van der Waals surface area contributed by atoms with E-state index in [0.29, 0.717) is 21.5 Å². The number of methoxy groups -OCH3 is 1. The predicted molar refractivity (Wildman–Crippen MR) is 118 cm³/mol. The SMILES string of the molecule is COc1ccc(Br)c(C(=O)Nc2ccc(C(C)C(=O)N3CCCNCC3)cc2)c1. The van der Waals surface area contributed by atoms with E-state index >= 15 is 0 Å². The number of amides is 2. The molecule has 2 amide bonds. The molecule has 0 bridgehead atoms. The fourth-order valence-electron chi connectivity index (χ4n) is 3.34. The highest BCUT2D eigenvalue weighted by Crippen LogP contribution is 2.25. The molecule has 0 aromatic heterocycles. The van der Waals surface area contributed by atoms with Gasteiger partial charge in [-0.3, -0.25) is 9.59 Å². The molecule has 1 heterocycles. The van der Waals surface area contributed by atoms with E-state index < -0.39 is 0 Å². The van der Waals surface area contributed by atoms with Crippen molar-refractivity contribution in [3.05, 3.63) is 58.1 Å². The summed E-state index contributed by atoms with van der Waals surface area (Å²) in [5.74, 6) is 0.311. The monoisotopic (exact) mass is 459 g/mol. The number of anilines is 1. The van der Waals surface area contributed by atoms with Gasteiger partial charge in [0.1, 0.15) is 5.75 Å². The van der Waals surface area contributed by atoms with Gasteiger partial charge in [0.05, 0.1) is 18.6 Å². The molecule has 1 aliphatic rings. The molecule has 29 heavy (non-hydrogen) atoms. The first-order valence-electron chi connectivity index (χ1n) is 9.74. The van der Waals surface area contributed by atoms with E-state index in [0.717, 1.165) is 38.2 Å². The first-order chi connectivity index (χ1) is 14.0. The largest absolute Gasteiger partial charge is 0.497 e. The summed E-state index contributed by atoms with van der Waals surface area (Å²) in [5.41, 5.74) is 2.10. The number of carbonyl (C=O) groups is 2. The third kappa shape index (κ3) is 5.36. The van der Waals surface area contributed by atoms with Crippen LogP contribution in [0, 0.1) is 0 Å². The molecule has 1 atom stereocenters. The second kappa shape index (κ2) is 9.89. The smallest absolute Gasteiger partial charge is 0.256 e. The van der Waals surface area contributed by atoms with Crippen LogP contribution in [0.3, 0.4) is 0 Å². The lowest BCUT2D eigenvalue weighted by Crippen LogP contribution is -2.36. The maximum atomic E-state index is 12.8. The predicted octanol–water partition coefficient (Wildman–Crippen LogP) is 3.64. The van der Waals surface area contributed by atoms with E-state index in [1.54, 1.807) is 25.3 Å². The van der Waals surface area contributed by atoms with Gasteiger partial charge in [-0.1, -0.05) is 12.1 Å². The van der Waals surface area contributed by atoms with Crippen molar-refractivity contribution in [2.45, 2.75) is 19.3 Å². The highest BCUT2D eigenvalue weighted by Gasteiger charge is 2.22. The summed E-state index contributed by atoms with van der Waals surface area (Å²) in [6.07, 6.45) is 0.975. The van der Waals surface area contributed by atoms with Crippen molar-refractivity contribution in [3.8, 4) is 5.75 Å². The Hall–Kier alpha value is -2.38. The zero-order valence-electron chi connectivity index (χ0n) is 16.7. The molecule has 3 rings (SSSR count). The highest BCUT2D eigenvalue weighted by molar-refractivity contribution is 9.10. The number of carbonyl (C=O) groups excluding carboxylic acids is 2. The molecule has 2 aromatic carbocycles. The molecule has 0 aliphatic carbocycles. The molecule has 0 saturated carbocycles. The van der Waals surface area contributed by atoms with Crippen LogP contribution >= 0.6 is 15.9 Å². The second-order valence-corrected chi connectivity index (χ2v) is 7.93. The Bertz CT molecular complexity index is 862. The molecule has 0 radical (unpaired) electrons. The van der Waals surface area contributed by atoms with E-state index in [1.165, 1.54) is 0 Å². The summed E-state index contributed by atoms with van der Waals surface area (Å²) in [5, 5.41) is 6.20. The molecule has 154 valence electrons. The Kier molecular flexibility index (Phi) is 7.28. The summed E-state index contributed by atoms with van der Waals surface area (Å²) in [6.45, 7) is 5.26. The topological polar surface area (TPSA) is 70.7 Å². The van der Waals surface area contributed by atoms with Crippen molar-refractivity contribution in [3.63, 3.8) is 0 Å². The first-order valence-corrected chi connectivity index (χ1v) is 10.5. The Balaban J connectivity index is 1.66. The van der Waals surface area contributed by atoms with Crippen LogP contribution in [-0.2, 0) is 4.79 Å². The molecular formula is C22H26BrN3O3. The Morgan fingerprint density at radius 1 is 1.14 bits per heavy atom. The molecule has 7 heteroatoms. The van der Waals surface area contributed by atoms with Crippen molar-refractivity contribution in [1.82, 2.24) is 10.2 Å². The average Bonchev–Trinajstić information content (AvgIpc) is 3.03. The third-order valence-corrected chi connectivity index (χ3v) is 5.80. The zero-order chi connectivity index (χ0) is 20.8. The number of halogens is 1. The summed E-state index contributed by atoms with van der Waals surface area (Å²) in [6, 6.07) is 12.7. The second-order valence-electron chi connectivity index (χ2n) is 7.07. The van der Waals surface area contributed by atoms with Crippen LogP contribution in [0.4, 0.5) is 5.69 Å². The molecule has 0 spiro atoms. The van der Waals surface area contributed by atoms with Gasteiger partial charge in [-0.05, 0) is 71.7 Å². The van der Waals surface area contributed by atoms with Crippen LogP contribution in [0.15, 0.2) is 46.9 Å². The van der Waals surface area contributed by atoms with E-state index in [-0.39, 0.29) is 17.7 Å². The first kappa shape index (κ1) is 21.3. The number of nitrogens with zero attached hydrogens (tertiary/aromatic N) is 1. The molecule has 2 aromatic rings. The number of hydrogen-bond acceptors (Lipinski definition) is 4. The van der Waals surface area contributed by atoms with Crippen LogP contribution in [0.1, 0.15) is 35.2 Å². The minimum Gasteiger partial charge on any atom is -0.497 e. The highest BCUT2D eigenvalue weighted by atomic mass is 79.9. The third-order valence-electron chi connectivity index (χ3n) is 5.11. The van der Waals surface area contributed by atoms with Crippen molar-refractivity contribution < 1.29 is 14.3 Å². The summed E-state index contributed by atoms with van der Waals surface area (Å²) < 4.78 is 5.88. The number of rotatable bonds is 5. The maximum absolute atomic E-state index is 12.8. The molecule has 1 unspecified atom stereocenters. The van der Waals surface area contributed by atoms with Gasteiger partial charge in [-0.2, -0.15) is 0 Å². The van der Waals surface area contributed by atoms with Crippen molar-refractivity contribution >= 4 is 33.4 Å². The van der Waals surface area contributed by atoms with E-state index in [9.17, 15) is 9.59 Å². The summed E-state index contributed by atoms with van der Waals surface area (Å²) >= 11 is 3.40. The zero-order valence-corrected chi connectivity index (χ0v) is 18.3. The van der Waals surface area contributed by atoms with Gasteiger partial charge < -0.3 is 20.3 Å². The average molecular weight is 460 g/mol.